The van der Waals surface area contributed by atoms with Gasteiger partial charge in [-0.2, -0.15) is 0 Å². The second kappa shape index (κ2) is 6.58. The van der Waals surface area contributed by atoms with Gasteiger partial charge in [0.15, 0.2) is 0 Å². The molecule has 0 spiro atoms. The van der Waals surface area contributed by atoms with Gasteiger partial charge in [-0.25, -0.2) is 4.79 Å². The van der Waals surface area contributed by atoms with E-state index in [-0.39, 0.29) is 11.9 Å². The minimum Gasteiger partial charge on any atom is -0.335 e. The van der Waals surface area contributed by atoms with Gasteiger partial charge in [0, 0.05) is 52.4 Å². The van der Waals surface area contributed by atoms with E-state index in [1.807, 2.05) is 24.3 Å². The summed E-state index contributed by atoms with van der Waals surface area (Å²) in [5.74, 6) is 0.00974. The van der Waals surface area contributed by atoms with Gasteiger partial charge in [-0.05, 0) is 17.7 Å². The van der Waals surface area contributed by atoms with Crippen molar-refractivity contribution in [3.8, 4) is 0 Å². The Balaban J connectivity index is 1.95. The van der Waals surface area contributed by atoms with E-state index in [1.54, 1.807) is 28.8 Å². The fourth-order valence-electron chi connectivity index (χ4n) is 2.35. The number of carbonyl (C=O) groups is 2. The van der Waals surface area contributed by atoms with Crippen LogP contribution in [-0.4, -0.2) is 66.9 Å². The molecule has 1 aliphatic heterocycles. The van der Waals surface area contributed by atoms with E-state index in [9.17, 15) is 9.59 Å². The minimum atomic E-state index is -0.00519. The van der Waals surface area contributed by atoms with Crippen LogP contribution in [0.4, 0.5) is 4.79 Å². The molecule has 0 radical (unpaired) electrons. The summed E-state index contributed by atoms with van der Waals surface area (Å²) in [6.07, 6.45) is 0. The first-order valence-electron chi connectivity index (χ1n) is 7.07. The summed E-state index contributed by atoms with van der Waals surface area (Å²) in [5.41, 5.74) is 7.22. The summed E-state index contributed by atoms with van der Waals surface area (Å²) in [5, 5.41) is 0. The topological polar surface area (TPSA) is 69.9 Å². The molecule has 1 saturated heterocycles. The number of hydrogen-bond acceptors (Lipinski definition) is 3. The number of urea groups is 1. The first-order valence-corrected chi connectivity index (χ1v) is 7.07. The van der Waals surface area contributed by atoms with Crippen LogP contribution in [0.25, 0.3) is 0 Å². The van der Waals surface area contributed by atoms with Crippen molar-refractivity contribution < 1.29 is 9.59 Å². The molecule has 0 atom stereocenters. The summed E-state index contributed by atoms with van der Waals surface area (Å²) < 4.78 is 0. The highest BCUT2D eigenvalue weighted by atomic mass is 16.2. The Bertz CT molecular complexity index is 505. The van der Waals surface area contributed by atoms with Crippen LogP contribution in [0.1, 0.15) is 15.9 Å². The SMILES string of the molecule is CN(C)C(=O)N1CCN(C(=O)c2ccc(CN)cc2)CC1. The number of rotatable bonds is 2. The zero-order valence-corrected chi connectivity index (χ0v) is 12.6. The van der Waals surface area contributed by atoms with Crippen LogP contribution in [-0.2, 0) is 6.54 Å². The van der Waals surface area contributed by atoms with E-state index in [0.717, 1.165) is 5.56 Å². The zero-order chi connectivity index (χ0) is 15.4. The van der Waals surface area contributed by atoms with Crippen molar-refractivity contribution in [2.24, 2.45) is 5.73 Å². The first kappa shape index (κ1) is 15.3. The van der Waals surface area contributed by atoms with Crippen molar-refractivity contribution in [2.75, 3.05) is 40.3 Å². The maximum atomic E-state index is 12.4. The maximum Gasteiger partial charge on any atom is 0.319 e. The van der Waals surface area contributed by atoms with Gasteiger partial charge >= 0.3 is 6.03 Å². The molecule has 3 amide bonds. The van der Waals surface area contributed by atoms with Gasteiger partial charge in [0.1, 0.15) is 0 Å². The lowest BCUT2D eigenvalue weighted by molar-refractivity contribution is 0.0650. The Morgan fingerprint density at radius 1 is 1.05 bits per heavy atom. The number of nitrogens with zero attached hydrogens (tertiary/aromatic N) is 3. The van der Waals surface area contributed by atoms with Crippen LogP contribution in [0.5, 0.6) is 0 Å². The van der Waals surface area contributed by atoms with E-state index in [4.69, 9.17) is 5.73 Å². The van der Waals surface area contributed by atoms with E-state index < -0.39 is 0 Å². The molecule has 21 heavy (non-hydrogen) atoms. The van der Waals surface area contributed by atoms with E-state index >= 15 is 0 Å². The van der Waals surface area contributed by atoms with Gasteiger partial charge in [0.05, 0.1) is 0 Å². The summed E-state index contributed by atoms with van der Waals surface area (Å²) >= 11 is 0. The molecule has 1 aromatic rings. The number of amides is 3. The van der Waals surface area contributed by atoms with Crippen molar-refractivity contribution in [3.05, 3.63) is 35.4 Å². The maximum absolute atomic E-state index is 12.4. The highest BCUT2D eigenvalue weighted by molar-refractivity contribution is 5.94. The molecule has 2 N–H and O–H groups in total. The molecule has 1 fully saturated rings. The van der Waals surface area contributed by atoms with Crippen LogP contribution < -0.4 is 5.73 Å². The Hall–Kier alpha value is -2.08. The number of hydrogen-bond donors (Lipinski definition) is 1. The van der Waals surface area contributed by atoms with E-state index in [1.165, 1.54) is 0 Å². The van der Waals surface area contributed by atoms with Crippen LogP contribution in [0.3, 0.4) is 0 Å². The third kappa shape index (κ3) is 3.52. The van der Waals surface area contributed by atoms with Crippen molar-refractivity contribution in [3.63, 3.8) is 0 Å². The molecule has 0 aliphatic carbocycles. The fraction of sp³-hybridized carbons (Fsp3) is 0.467. The Kier molecular flexibility index (Phi) is 4.80. The number of nitrogens with two attached hydrogens (primary N) is 1. The highest BCUT2D eigenvalue weighted by Crippen LogP contribution is 2.11. The first-order chi connectivity index (χ1) is 10.0. The fourth-order valence-corrected chi connectivity index (χ4v) is 2.35. The molecule has 1 heterocycles. The molecule has 114 valence electrons. The van der Waals surface area contributed by atoms with Gasteiger partial charge in [0.25, 0.3) is 5.91 Å². The molecule has 1 aliphatic rings. The summed E-state index contributed by atoms with van der Waals surface area (Å²) in [7, 11) is 3.47. The average molecular weight is 290 g/mol. The average Bonchev–Trinajstić information content (AvgIpc) is 2.53. The molecule has 0 aromatic heterocycles. The lowest BCUT2D eigenvalue weighted by Gasteiger charge is -2.36. The molecule has 6 nitrogen and oxygen atoms in total. The van der Waals surface area contributed by atoms with Crippen molar-refractivity contribution in [2.45, 2.75) is 6.54 Å². The molecular weight excluding hydrogens is 268 g/mol. The van der Waals surface area contributed by atoms with E-state index in [2.05, 4.69) is 0 Å². The molecule has 0 saturated carbocycles. The molecule has 2 rings (SSSR count). The van der Waals surface area contributed by atoms with Crippen molar-refractivity contribution >= 4 is 11.9 Å². The van der Waals surface area contributed by atoms with Gasteiger partial charge in [-0.3, -0.25) is 4.79 Å². The Morgan fingerprint density at radius 2 is 1.57 bits per heavy atom. The molecule has 1 aromatic carbocycles. The quantitative estimate of drug-likeness (QED) is 0.866. The third-order valence-corrected chi connectivity index (χ3v) is 3.66. The smallest absolute Gasteiger partial charge is 0.319 e. The van der Waals surface area contributed by atoms with Crippen molar-refractivity contribution in [1.82, 2.24) is 14.7 Å². The largest absolute Gasteiger partial charge is 0.335 e. The molecule has 0 bridgehead atoms. The van der Waals surface area contributed by atoms with Gasteiger partial charge in [-0.1, -0.05) is 12.1 Å². The summed E-state index contributed by atoms with van der Waals surface area (Å²) in [6.45, 7) is 2.75. The van der Waals surface area contributed by atoms with Crippen LogP contribution in [0, 0.1) is 0 Å². The minimum absolute atomic E-state index is 0.00519. The van der Waals surface area contributed by atoms with E-state index in [0.29, 0.717) is 38.3 Å². The van der Waals surface area contributed by atoms with Crippen LogP contribution in [0.15, 0.2) is 24.3 Å². The van der Waals surface area contributed by atoms with Crippen molar-refractivity contribution in [1.29, 1.82) is 0 Å². The zero-order valence-electron chi connectivity index (χ0n) is 12.6. The Labute approximate surface area is 125 Å². The van der Waals surface area contributed by atoms with Gasteiger partial charge < -0.3 is 20.4 Å². The third-order valence-electron chi connectivity index (χ3n) is 3.66. The van der Waals surface area contributed by atoms with Gasteiger partial charge in [-0.15, -0.1) is 0 Å². The Morgan fingerprint density at radius 3 is 2.05 bits per heavy atom. The second-order valence-electron chi connectivity index (χ2n) is 5.36. The van der Waals surface area contributed by atoms with Crippen LogP contribution in [0.2, 0.25) is 0 Å². The van der Waals surface area contributed by atoms with Gasteiger partial charge in [0.2, 0.25) is 0 Å². The normalized spacial score (nSPS) is 15.0. The summed E-state index contributed by atoms with van der Waals surface area (Å²) in [4.78, 5) is 29.4. The molecular formula is C15H22N4O2. The lowest BCUT2D eigenvalue weighted by atomic mass is 10.1. The number of piperazine rings is 1. The molecule has 0 unspecified atom stereocenters. The number of benzene rings is 1. The monoisotopic (exact) mass is 290 g/mol. The summed E-state index contributed by atoms with van der Waals surface area (Å²) in [6, 6.07) is 7.36. The molecule has 6 heteroatoms. The predicted octanol–water partition coefficient (Wildman–Crippen LogP) is 0.585. The predicted molar refractivity (Wildman–Crippen MR) is 80.9 cm³/mol. The standard InChI is InChI=1S/C15H22N4O2/c1-17(2)15(21)19-9-7-18(8-10-19)14(20)13-5-3-12(11-16)4-6-13/h3-6H,7-11,16H2,1-2H3. The highest BCUT2D eigenvalue weighted by Gasteiger charge is 2.25. The number of carbonyl (C=O) groups excluding carboxylic acids is 2. The van der Waals surface area contributed by atoms with Crippen LogP contribution >= 0.6 is 0 Å². The second-order valence-corrected chi connectivity index (χ2v) is 5.36. The lowest BCUT2D eigenvalue weighted by Crippen LogP contribution is -2.52.